The van der Waals surface area contributed by atoms with Gasteiger partial charge in [-0.15, -0.1) is 11.3 Å². The van der Waals surface area contributed by atoms with Crippen molar-refractivity contribution in [3.8, 4) is 0 Å². The summed E-state index contributed by atoms with van der Waals surface area (Å²) < 4.78 is 25.7. The van der Waals surface area contributed by atoms with Crippen LogP contribution in [0.2, 0.25) is 0 Å². The third-order valence-corrected chi connectivity index (χ3v) is 7.24. The van der Waals surface area contributed by atoms with E-state index in [0.29, 0.717) is 18.0 Å². The topological polar surface area (TPSA) is 88.2 Å². The highest BCUT2D eigenvalue weighted by atomic mass is 32.2. The minimum atomic E-state index is -3.43. The highest BCUT2D eigenvalue weighted by Gasteiger charge is 2.15. The molecule has 0 spiro atoms. The molecule has 2 N–H and O–H groups in total. The number of nitrogens with one attached hydrogen (secondary N) is 2. The average molecular weight is 408 g/mol. The predicted octanol–water partition coefficient (Wildman–Crippen LogP) is 3.28. The largest absolute Gasteiger partial charge is 0.302 e. The van der Waals surface area contributed by atoms with E-state index in [1.807, 2.05) is 0 Å². The summed E-state index contributed by atoms with van der Waals surface area (Å²) in [6.45, 7) is 0. The number of aryl methyl sites for hydroxylation is 3. The molecule has 0 saturated heterocycles. The van der Waals surface area contributed by atoms with Gasteiger partial charge in [0.2, 0.25) is 15.9 Å². The molecule has 0 unspecified atom stereocenters. The molecule has 1 heterocycles. The standard InChI is InChI=1S/C19H25N3O3S2/c1-20-27(24,25)15-11-8-14(9-12-15)10-13-18(23)22-19-21-16-6-4-2-3-5-7-17(16)26-19/h8-9,11-12,20H,2-7,10,13H2,1H3,(H,21,22,23). The molecule has 1 aromatic carbocycles. The van der Waals surface area contributed by atoms with E-state index in [0.717, 1.165) is 24.1 Å². The molecule has 1 aliphatic rings. The second-order valence-electron chi connectivity index (χ2n) is 6.70. The van der Waals surface area contributed by atoms with Crippen molar-refractivity contribution in [1.82, 2.24) is 9.71 Å². The summed E-state index contributed by atoms with van der Waals surface area (Å²) in [5.74, 6) is -0.0661. The van der Waals surface area contributed by atoms with Gasteiger partial charge in [-0.3, -0.25) is 4.79 Å². The number of thiazole rings is 1. The molecular formula is C19H25N3O3S2. The Bertz CT molecular complexity index is 864. The van der Waals surface area contributed by atoms with Crippen LogP contribution in [-0.4, -0.2) is 26.4 Å². The Kier molecular flexibility index (Phi) is 6.62. The molecule has 0 atom stereocenters. The maximum Gasteiger partial charge on any atom is 0.240 e. The molecule has 8 heteroatoms. The molecular weight excluding hydrogens is 382 g/mol. The number of aromatic nitrogens is 1. The number of hydrogen-bond donors (Lipinski definition) is 2. The van der Waals surface area contributed by atoms with Gasteiger partial charge in [-0.2, -0.15) is 0 Å². The van der Waals surface area contributed by atoms with Crippen molar-refractivity contribution in [2.75, 3.05) is 12.4 Å². The highest BCUT2D eigenvalue weighted by Crippen LogP contribution is 2.28. The van der Waals surface area contributed by atoms with Crippen molar-refractivity contribution in [1.29, 1.82) is 0 Å². The lowest BCUT2D eigenvalue weighted by Gasteiger charge is -2.06. The lowest BCUT2D eigenvalue weighted by molar-refractivity contribution is -0.116. The van der Waals surface area contributed by atoms with Crippen LogP contribution < -0.4 is 10.0 Å². The van der Waals surface area contributed by atoms with E-state index in [1.54, 1.807) is 35.6 Å². The fraction of sp³-hybridized carbons (Fsp3) is 0.474. The fourth-order valence-corrected chi connectivity index (χ4v) is 4.95. The van der Waals surface area contributed by atoms with Gasteiger partial charge < -0.3 is 5.32 Å². The number of benzene rings is 1. The first-order valence-electron chi connectivity index (χ1n) is 9.29. The average Bonchev–Trinajstić information content (AvgIpc) is 3.01. The first kappa shape index (κ1) is 20.0. The lowest BCUT2D eigenvalue weighted by atomic mass is 10.0. The van der Waals surface area contributed by atoms with Gasteiger partial charge in [0.25, 0.3) is 0 Å². The molecule has 1 aromatic heterocycles. The summed E-state index contributed by atoms with van der Waals surface area (Å²) in [7, 11) is -2.05. The number of fused-ring (bicyclic) bond motifs is 1. The molecule has 0 fully saturated rings. The Labute approximate surface area is 164 Å². The minimum absolute atomic E-state index is 0.0661. The monoisotopic (exact) mass is 407 g/mol. The van der Waals surface area contributed by atoms with Gasteiger partial charge in [0.15, 0.2) is 5.13 Å². The molecule has 3 rings (SSSR count). The number of hydrogen-bond acceptors (Lipinski definition) is 5. The van der Waals surface area contributed by atoms with Crippen LogP contribution in [0.25, 0.3) is 0 Å². The number of carbonyl (C=O) groups is 1. The first-order chi connectivity index (χ1) is 13.0. The van der Waals surface area contributed by atoms with Crippen LogP contribution in [0, 0.1) is 0 Å². The number of rotatable bonds is 6. The molecule has 0 radical (unpaired) electrons. The fourth-order valence-electron chi connectivity index (χ4n) is 3.15. The van der Waals surface area contributed by atoms with Crippen molar-refractivity contribution in [3.05, 3.63) is 40.4 Å². The summed E-state index contributed by atoms with van der Waals surface area (Å²) >= 11 is 1.60. The van der Waals surface area contributed by atoms with E-state index in [1.165, 1.54) is 37.6 Å². The number of nitrogens with zero attached hydrogens (tertiary/aromatic N) is 1. The van der Waals surface area contributed by atoms with Crippen molar-refractivity contribution >= 4 is 32.4 Å². The molecule has 146 valence electrons. The highest BCUT2D eigenvalue weighted by molar-refractivity contribution is 7.89. The minimum Gasteiger partial charge on any atom is -0.302 e. The van der Waals surface area contributed by atoms with Crippen molar-refractivity contribution in [3.63, 3.8) is 0 Å². The number of amides is 1. The quantitative estimate of drug-likeness (QED) is 0.769. The summed E-state index contributed by atoms with van der Waals surface area (Å²) in [6, 6.07) is 6.60. The Morgan fingerprint density at radius 3 is 2.52 bits per heavy atom. The van der Waals surface area contributed by atoms with Crippen LogP contribution in [0.4, 0.5) is 5.13 Å². The van der Waals surface area contributed by atoms with Gasteiger partial charge in [-0.25, -0.2) is 18.1 Å². The number of sulfonamides is 1. The predicted molar refractivity (Wildman–Crippen MR) is 108 cm³/mol. The first-order valence-corrected chi connectivity index (χ1v) is 11.6. The van der Waals surface area contributed by atoms with Crippen LogP contribution in [0.5, 0.6) is 0 Å². The van der Waals surface area contributed by atoms with E-state index < -0.39 is 10.0 Å². The van der Waals surface area contributed by atoms with Crippen LogP contribution >= 0.6 is 11.3 Å². The summed E-state index contributed by atoms with van der Waals surface area (Å²) in [6.07, 6.45) is 7.85. The van der Waals surface area contributed by atoms with Gasteiger partial charge in [-0.1, -0.05) is 25.0 Å². The molecule has 27 heavy (non-hydrogen) atoms. The van der Waals surface area contributed by atoms with Crippen LogP contribution in [0.3, 0.4) is 0 Å². The SMILES string of the molecule is CNS(=O)(=O)c1ccc(CCC(=O)Nc2nc3c(s2)CCCCCC3)cc1. The molecule has 2 aromatic rings. The zero-order chi connectivity index (χ0) is 19.3. The molecule has 0 aliphatic heterocycles. The van der Waals surface area contributed by atoms with E-state index in [2.05, 4.69) is 15.0 Å². The Morgan fingerprint density at radius 2 is 1.81 bits per heavy atom. The number of anilines is 1. The van der Waals surface area contributed by atoms with Crippen LogP contribution in [0.15, 0.2) is 29.2 Å². The Balaban J connectivity index is 1.55. The maximum absolute atomic E-state index is 12.3. The van der Waals surface area contributed by atoms with Gasteiger partial charge in [0.1, 0.15) is 0 Å². The zero-order valence-corrected chi connectivity index (χ0v) is 17.1. The van der Waals surface area contributed by atoms with Crippen LogP contribution in [-0.2, 0) is 34.1 Å². The molecule has 6 nitrogen and oxygen atoms in total. The molecule has 0 saturated carbocycles. The molecule has 1 amide bonds. The van der Waals surface area contributed by atoms with Gasteiger partial charge >= 0.3 is 0 Å². The second kappa shape index (κ2) is 8.95. The summed E-state index contributed by atoms with van der Waals surface area (Å²) in [4.78, 5) is 18.4. The van der Waals surface area contributed by atoms with Gasteiger partial charge in [-0.05, 0) is 56.8 Å². The third-order valence-electron chi connectivity index (χ3n) is 4.74. The van der Waals surface area contributed by atoms with Crippen LogP contribution in [0.1, 0.15) is 48.2 Å². The van der Waals surface area contributed by atoms with E-state index >= 15 is 0 Å². The smallest absolute Gasteiger partial charge is 0.240 e. The number of carbonyl (C=O) groups excluding carboxylic acids is 1. The second-order valence-corrected chi connectivity index (χ2v) is 9.67. The zero-order valence-electron chi connectivity index (χ0n) is 15.5. The molecule has 1 aliphatic carbocycles. The lowest BCUT2D eigenvalue weighted by Crippen LogP contribution is -2.18. The summed E-state index contributed by atoms with van der Waals surface area (Å²) in [5, 5.41) is 3.61. The van der Waals surface area contributed by atoms with Crippen molar-refractivity contribution in [2.24, 2.45) is 0 Å². The van der Waals surface area contributed by atoms with Gasteiger partial charge in [0.05, 0.1) is 10.6 Å². The summed E-state index contributed by atoms with van der Waals surface area (Å²) in [5.41, 5.74) is 2.07. The maximum atomic E-state index is 12.3. The Hall–Kier alpha value is -1.77. The van der Waals surface area contributed by atoms with Crippen molar-refractivity contribution in [2.45, 2.75) is 56.3 Å². The molecule has 0 bridgehead atoms. The van der Waals surface area contributed by atoms with Crippen molar-refractivity contribution < 1.29 is 13.2 Å². The normalized spacial score (nSPS) is 14.9. The van der Waals surface area contributed by atoms with E-state index in [4.69, 9.17) is 0 Å². The Morgan fingerprint density at radius 1 is 1.11 bits per heavy atom. The van der Waals surface area contributed by atoms with Gasteiger partial charge in [0, 0.05) is 11.3 Å². The third kappa shape index (κ3) is 5.37. The van der Waals surface area contributed by atoms with E-state index in [-0.39, 0.29) is 10.8 Å². The van der Waals surface area contributed by atoms with E-state index in [9.17, 15) is 13.2 Å².